The Morgan fingerprint density at radius 2 is 1.39 bits per heavy atom. The molecule has 0 radical (unpaired) electrons. The quantitative estimate of drug-likeness (QED) is 0.128. The Kier molecular flexibility index (Phi) is 7.35. The lowest BCUT2D eigenvalue weighted by atomic mass is 9.77. The van der Waals surface area contributed by atoms with E-state index >= 15 is 4.39 Å². The summed E-state index contributed by atoms with van der Waals surface area (Å²) in [5.74, 6) is 0.452. The maximum absolute atomic E-state index is 15.1. The molecular weight excluding hydrogens is 718 g/mol. The molecule has 6 aromatic rings. The molecule has 0 saturated carbocycles. The second kappa shape index (κ2) is 11.3. The van der Waals surface area contributed by atoms with Gasteiger partial charge in [-0.15, -0.1) is 11.8 Å². The van der Waals surface area contributed by atoms with Gasteiger partial charge in [0.15, 0.2) is 5.60 Å². The van der Waals surface area contributed by atoms with Gasteiger partial charge in [0.2, 0.25) is 0 Å². The first-order chi connectivity index (χ1) is 22.3. The molecule has 2 aliphatic rings. The zero-order chi connectivity index (χ0) is 31.6. The van der Waals surface area contributed by atoms with Crippen LogP contribution >= 0.6 is 46.1 Å². The highest BCUT2D eigenvalue weighted by molar-refractivity contribution is 14.1. The molecule has 1 aliphatic heterocycles. The summed E-state index contributed by atoms with van der Waals surface area (Å²) in [6.45, 7) is 4.59. The van der Waals surface area contributed by atoms with Crippen molar-refractivity contribution in [3.63, 3.8) is 0 Å². The van der Waals surface area contributed by atoms with Gasteiger partial charge in [-0.3, -0.25) is 0 Å². The Morgan fingerprint density at radius 1 is 0.717 bits per heavy atom. The third kappa shape index (κ3) is 4.73. The predicted octanol–water partition coefficient (Wildman–Crippen LogP) is 12.1. The van der Waals surface area contributed by atoms with Crippen molar-refractivity contribution in [3.8, 4) is 16.9 Å². The molecule has 0 amide bonds. The molecule has 8 rings (SSSR count). The Balaban J connectivity index is 1.35. The molecule has 0 bridgehead atoms. The van der Waals surface area contributed by atoms with Crippen molar-refractivity contribution in [1.29, 1.82) is 0 Å². The Bertz CT molecular complexity index is 2170. The van der Waals surface area contributed by atoms with Crippen LogP contribution in [0, 0.1) is 9.39 Å². The summed E-state index contributed by atoms with van der Waals surface area (Å²) in [6.07, 6.45) is 6.52. The first-order valence-electron chi connectivity index (χ1n) is 15.2. The van der Waals surface area contributed by atoms with Crippen LogP contribution in [0.5, 0.6) is 5.75 Å². The molecule has 0 aromatic heterocycles. The van der Waals surface area contributed by atoms with Crippen LogP contribution in [0.2, 0.25) is 0 Å². The van der Waals surface area contributed by atoms with Gasteiger partial charge < -0.3 is 4.74 Å². The topological polar surface area (TPSA) is 9.23 Å². The maximum atomic E-state index is 15.1. The van der Waals surface area contributed by atoms with Crippen molar-refractivity contribution in [3.05, 3.63) is 159 Å². The zero-order valence-corrected chi connectivity index (χ0v) is 29.4. The van der Waals surface area contributed by atoms with Crippen LogP contribution in [0.3, 0.4) is 0 Å². The van der Waals surface area contributed by atoms with Gasteiger partial charge >= 0.3 is 0 Å². The molecule has 0 N–H and O–H groups in total. The van der Waals surface area contributed by atoms with Crippen LogP contribution in [0.25, 0.3) is 28.0 Å². The maximum Gasteiger partial charge on any atom is 0.178 e. The van der Waals surface area contributed by atoms with Crippen LogP contribution in [0.1, 0.15) is 41.7 Å². The van der Waals surface area contributed by atoms with Crippen LogP contribution in [0.4, 0.5) is 4.39 Å². The number of fused-ring (bicyclic) bond motifs is 8. The Labute approximate surface area is 291 Å². The van der Waals surface area contributed by atoms with Crippen molar-refractivity contribution in [2.45, 2.75) is 39.5 Å². The molecule has 5 heteroatoms. The van der Waals surface area contributed by atoms with E-state index in [9.17, 15) is 0 Å². The highest BCUT2D eigenvalue weighted by Crippen LogP contribution is 2.58. The molecule has 0 saturated heterocycles. The van der Waals surface area contributed by atoms with Crippen LogP contribution in [-0.4, -0.2) is 6.26 Å². The van der Waals surface area contributed by atoms with E-state index in [1.54, 1.807) is 35.7 Å². The summed E-state index contributed by atoms with van der Waals surface area (Å²) < 4.78 is 23.7. The SMILES string of the molecule is CSc1ccc(C2(c3ccc(Sc4ccccc4)cc3)C=Cc3c4c(c5ccc(F)cc5c3O2)-c2ccc(I)cc2C4(C)C)cc1. The van der Waals surface area contributed by atoms with Gasteiger partial charge in [0.05, 0.1) is 0 Å². The molecule has 6 aromatic carbocycles. The fourth-order valence-electron chi connectivity index (χ4n) is 7.14. The van der Waals surface area contributed by atoms with Gasteiger partial charge in [0.1, 0.15) is 11.6 Å². The van der Waals surface area contributed by atoms with Gasteiger partial charge in [0, 0.05) is 45.7 Å². The summed E-state index contributed by atoms with van der Waals surface area (Å²) in [5.41, 5.74) is 6.82. The zero-order valence-electron chi connectivity index (χ0n) is 25.6. The van der Waals surface area contributed by atoms with Crippen molar-refractivity contribution in [1.82, 2.24) is 0 Å². The first kappa shape index (κ1) is 29.9. The second-order valence-corrected chi connectivity index (χ2v) is 15.6. The Morgan fingerprint density at radius 3 is 2.09 bits per heavy atom. The lowest BCUT2D eigenvalue weighted by Gasteiger charge is -2.38. The normalized spacial score (nSPS) is 17.3. The van der Waals surface area contributed by atoms with E-state index < -0.39 is 5.60 Å². The van der Waals surface area contributed by atoms with Crippen molar-refractivity contribution in [2.24, 2.45) is 0 Å². The number of rotatable bonds is 5. The minimum Gasteiger partial charge on any atom is -0.472 e. The van der Waals surface area contributed by atoms with Crippen molar-refractivity contribution >= 4 is 63.0 Å². The van der Waals surface area contributed by atoms with E-state index in [4.69, 9.17) is 4.74 Å². The minimum atomic E-state index is -0.904. The fourth-order valence-corrected chi connectivity index (χ4v) is 8.88. The van der Waals surface area contributed by atoms with Gasteiger partial charge in [-0.1, -0.05) is 86.3 Å². The van der Waals surface area contributed by atoms with Crippen molar-refractivity contribution in [2.75, 3.05) is 6.26 Å². The first-order valence-corrected chi connectivity index (χ1v) is 18.4. The number of thioether (sulfide) groups is 1. The van der Waals surface area contributed by atoms with E-state index in [0.29, 0.717) is 0 Å². The fraction of sp³-hybridized carbons (Fsp3) is 0.122. The average Bonchev–Trinajstić information content (AvgIpc) is 3.31. The van der Waals surface area contributed by atoms with Crippen LogP contribution in [-0.2, 0) is 11.0 Å². The van der Waals surface area contributed by atoms with E-state index in [1.807, 2.05) is 12.1 Å². The molecule has 0 spiro atoms. The molecule has 1 aliphatic carbocycles. The third-order valence-corrected chi connectivity index (χ3v) is 11.8. The van der Waals surface area contributed by atoms with Crippen LogP contribution in [0.15, 0.2) is 136 Å². The van der Waals surface area contributed by atoms with E-state index in [0.717, 1.165) is 38.1 Å². The molecular formula is C41H30FIOS2. The summed E-state index contributed by atoms with van der Waals surface area (Å²) in [6, 6.07) is 39.5. The highest BCUT2D eigenvalue weighted by atomic mass is 127. The molecule has 46 heavy (non-hydrogen) atoms. The van der Waals surface area contributed by atoms with Gasteiger partial charge in [0.25, 0.3) is 0 Å². The lowest BCUT2D eigenvalue weighted by Crippen LogP contribution is -2.35. The number of hydrogen-bond donors (Lipinski definition) is 0. The molecule has 1 atom stereocenters. The van der Waals surface area contributed by atoms with Gasteiger partial charge in [-0.05, 0) is 123 Å². The summed E-state index contributed by atoms with van der Waals surface area (Å²) in [5, 5.41) is 1.81. The second-order valence-electron chi connectivity index (χ2n) is 12.3. The number of hydrogen-bond acceptors (Lipinski definition) is 3. The highest BCUT2D eigenvalue weighted by Gasteiger charge is 2.44. The van der Waals surface area contributed by atoms with E-state index in [-0.39, 0.29) is 11.2 Å². The monoisotopic (exact) mass is 748 g/mol. The van der Waals surface area contributed by atoms with E-state index in [2.05, 4.69) is 146 Å². The standard InChI is InChI=1S/C41H30FIOS2/c1-40(2)36-24-28(43)14-20-33(36)37-32-19-13-27(42)23-35(32)39-34(38(37)40)21-22-41(44-39,25-9-15-29(45-3)16-10-25)26-11-17-31(18-12-26)46-30-7-5-4-6-8-30/h4-24H,1-3H3. The summed E-state index contributed by atoms with van der Waals surface area (Å²) >= 11 is 5.85. The molecule has 1 nitrogen and oxygen atoms in total. The largest absolute Gasteiger partial charge is 0.472 e. The summed E-state index contributed by atoms with van der Waals surface area (Å²) in [7, 11) is 0. The smallest absolute Gasteiger partial charge is 0.178 e. The number of ether oxygens (including phenoxy) is 1. The van der Waals surface area contributed by atoms with Crippen molar-refractivity contribution < 1.29 is 9.13 Å². The number of benzene rings is 6. The third-order valence-electron chi connectivity index (χ3n) is 9.34. The molecule has 1 heterocycles. The number of halogens is 2. The molecule has 1 unspecified atom stereocenters. The minimum absolute atomic E-state index is 0.261. The lowest BCUT2D eigenvalue weighted by molar-refractivity contribution is 0.163. The van der Waals surface area contributed by atoms with Gasteiger partial charge in [-0.2, -0.15) is 0 Å². The molecule has 226 valence electrons. The van der Waals surface area contributed by atoms with Crippen LogP contribution < -0.4 is 4.74 Å². The van der Waals surface area contributed by atoms with E-state index in [1.165, 1.54) is 35.6 Å². The molecule has 0 fully saturated rings. The summed E-state index contributed by atoms with van der Waals surface area (Å²) in [4.78, 5) is 3.54. The van der Waals surface area contributed by atoms with Gasteiger partial charge in [-0.25, -0.2) is 4.39 Å². The Hall–Kier alpha value is -3.52. The average molecular weight is 749 g/mol. The predicted molar refractivity (Wildman–Crippen MR) is 200 cm³/mol.